The van der Waals surface area contributed by atoms with Crippen LogP contribution in [-0.4, -0.2) is 34.5 Å². The average Bonchev–Trinajstić information content (AvgIpc) is 2.46. The number of aliphatic hydroxyl groups is 1. The topological polar surface area (TPSA) is 55.2 Å². The Bertz CT molecular complexity index is 468. The molecule has 0 radical (unpaired) electrons. The van der Waals surface area contributed by atoms with Crippen molar-refractivity contribution >= 4 is 0 Å². The van der Waals surface area contributed by atoms with Crippen LogP contribution in [-0.2, 0) is 6.42 Å². The molecule has 0 saturated heterocycles. The summed E-state index contributed by atoms with van der Waals surface area (Å²) in [5.74, 6) is -1.26. The molecule has 3 unspecified atom stereocenters. The van der Waals surface area contributed by atoms with Crippen molar-refractivity contribution in [3.05, 3.63) is 18.1 Å². The van der Waals surface area contributed by atoms with Gasteiger partial charge in [0.15, 0.2) is 0 Å². The fourth-order valence-electron chi connectivity index (χ4n) is 2.86. The van der Waals surface area contributed by atoms with Gasteiger partial charge in [-0.25, -0.2) is 9.97 Å². The zero-order valence-electron chi connectivity index (χ0n) is 11.8. The van der Waals surface area contributed by atoms with Crippen molar-refractivity contribution < 1.29 is 23.0 Å². The quantitative estimate of drug-likeness (QED) is 0.929. The Morgan fingerprint density at radius 2 is 2.14 bits per heavy atom. The molecule has 118 valence electrons. The zero-order chi connectivity index (χ0) is 15.5. The molecule has 1 saturated carbocycles. The predicted molar refractivity (Wildman–Crippen MR) is 69.8 cm³/mol. The molecule has 1 aliphatic rings. The number of hydrogen-bond donors (Lipinski definition) is 1. The summed E-state index contributed by atoms with van der Waals surface area (Å²) in [4.78, 5) is 7.87. The third-order valence-electron chi connectivity index (χ3n) is 4.05. The second kappa shape index (κ2) is 6.60. The zero-order valence-corrected chi connectivity index (χ0v) is 11.8. The lowest BCUT2D eigenvalue weighted by Crippen LogP contribution is -2.34. The summed E-state index contributed by atoms with van der Waals surface area (Å²) in [5, 5.41) is 10.2. The van der Waals surface area contributed by atoms with E-state index in [2.05, 4.69) is 9.97 Å². The van der Waals surface area contributed by atoms with Crippen molar-refractivity contribution in [3.63, 3.8) is 0 Å². The van der Waals surface area contributed by atoms with Crippen molar-refractivity contribution in [1.82, 2.24) is 9.97 Å². The molecule has 0 amide bonds. The molecule has 21 heavy (non-hydrogen) atoms. The average molecular weight is 304 g/mol. The first kappa shape index (κ1) is 16.0. The van der Waals surface area contributed by atoms with Gasteiger partial charge in [-0.3, -0.25) is 0 Å². The molecular formula is C14H19F3N2O2. The van der Waals surface area contributed by atoms with E-state index in [-0.39, 0.29) is 25.2 Å². The minimum atomic E-state index is -4.17. The number of rotatable bonds is 4. The van der Waals surface area contributed by atoms with E-state index in [0.717, 1.165) is 0 Å². The first-order chi connectivity index (χ1) is 9.90. The van der Waals surface area contributed by atoms with Gasteiger partial charge in [0.2, 0.25) is 5.88 Å². The summed E-state index contributed by atoms with van der Waals surface area (Å²) in [5.41, 5.74) is 0.573. The Morgan fingerprint density at radius 1 is 1.38 bits per heavy atom. The fraction of sp³-hybridized carbons (Fsp3) is 0.714. The van der Waals surface area contributed by atoms with E-state index in [9.17, 15) is 18.3 Å². The summed E-state index contributed by atoms with van der Waals surface area (Å²) >= 11 is 0. The molecule has 0 aromatic carbocycles. The van der Waals surface area contributed by atoms with E-state index >= 15 is 0 Å². The second-order valence-electron chi connectivity index (χ2n) is 5.49. The SMILES string of the molecule is COc1cc(CC(O)C2CCCC(C(F)(F)F)C2)ncn1. The summed E-state index contributed by atoms with van der Waals surface area (Å²) < 4.78 is 43.3. The first-order valence-electron chi connectivity index (χ1n) is 7.00. The van der Waals surface area contributed by atoms with E-state index < -0.39 is 18.2 Å². The molecule has 1 heterocycles. The molecule has 2 rings (SSSR count). The highest BCUT2D eigenvalue weighted by molar-refractivity contribution is 5.14. The molecule has 1 N–H and O–H groups in total. The van der Waals surface area contributed by atoms with E-state index in [1.807, 2.05) is 0 Å². The first-order valence-corrected chi connectivity index (χ1v) is 7.00. The van der Waals surface area contributed by atoms with Crippen LogP contribution in [0.4, 0.5) is 13.2 Å². The molecule has 0 spiro atoms. The molecule has 1 fully saturated rings. The molecule has 0 aliphatic heterocycles. The lowest BCUT2D eigenvalue weighted by molar-refractivity contribution is -0.188. The molecule has 7 heteroatoms. The van der Waals surface area contributed by atoms with Gasteiger partial charge in [0.1, 0.15) is 6.33 Å². The maximum absolute atomic E-state index is 12.8. The Morgan fingerprint density at radius 3 is 2.81 bits per heavy atom. The minimum absolute atomic E-state index is 0.00706. The number of hydrogen-bond acceptors (Lipinski definition) is 4. The number of aromatic nitrogens is 2. The van der Waals surface area contributed by atoms with Crippen molar-refractivity contribution in [2.24, 2.45) is 11.8 Å². The van der Waals surface area contributed by atoms with Crippen LogP contribution in [0.15, 0.2) is 12.4 Å². The standard InChI is InChI=1S/C14H19F3N2O2/c1-21-13-7-11(18-8-19-13)6-12(20)9-3-2-4-10(5-9)14(15,16)17/h7-10,12,20H,2-6H2,1H3. The van der Waals surface area contributed by atoms with Crippen molar-refractivity contribution in [1.29, 1.82) is 0 Å². The molecule has 0 bridgehead atoms. The van der Waals surface area contributed by atoms with Gasteiger partial charge in [0.25, 0.3) is 0 Å². The fourth-order valence-corrected chi connectivity index (χ4v) is 2.86. The lowest BCUT2D eigenvalue weighted by Gasteiger charge is -2.33. The van der Waals surface area contributed by atoms with Crippen molar-refractivity contribution in [3.8, 4) is 5.88 Å². The third-order valence-corrected chi connectivity index (χ3v) is 4.05. The smallest absolute Gasteiger partial charge is 0.391 e. The van der Waals surface area contributed by atoms with Crippen LogP contribution < -0.4 is 4.74 Å². The van der Waals surface area contributed by atoms with Gasteiger partial charge in [-0.15, -0.1) is 0 Å². The number of ether oxygens (including phenoxy) is 1. The van der Waals surface area contributed by atoms with Gasteiger partial charge in [-0.2, -0.15) is 13.2 Å². The summed E-state index contributed by atoms with van der Waals surface area (Å²) in [6.07, 6.45) is -2.18. The highest BCUT2D eigenvalue weighted by Gasteiger charge is 2.43. The number of methoxy groups -OCH3 is 1. The van der Waals surface area contributed by atoms with Crippen LogP contribution in [0.1, 0.15) is 31.4 Å². The summed E-state index contributed by atoms with van der Waals surface area (Å²) in [7, 11) is 1.47. The van der Waals surface area contributed by atoms with Gasteiger partial charge in [0, 0.05) is 12.5 Å². The normalized spacial score (nSPS) is 24.6. The Kier molecular flexibility index (Phi) is 5.03. The highest BCUT2D eigenvalue weighted by atomic mass is 19.4. The number of alkyl halides is 3. The molecule has 3 atom stereocenters. The van der Waals surface area contributed by atoms with Gasteiger partial charge in [-0.05, 0) is 25.2 Å². The van der Waals surface area contributed by atoms with Crippen molar-refractivity contribution in [2.75, 3.05) is 7.11 Å². The van der Waals surface area contributed by atoms with Crippen LogP contribution in [0.5, 0.6) is 5.88 Å². The molecule has 4 nitrogen and oxygen atoms in total. The maximum atomic E-state index is 12.8. The van der Waals surface area contributed by atoms with Gasteiger partial charge >= 0.3 is 6.18 Å². The monoisotopic (exact) mass is 304 g/mol. The van der Waals surface area contributed by atoms with Crippen LogP contribution >= 0.6 is 0 Å². The lowest BCUT2D eigenvalue weighted by atomic mass is 9.77. The summed E-state index contributed by atoms with van der Waals surface area (Å²) in [6.45, 7) is 0. The number of halogens is 3. The molecule has 1 aliphatic carbocycles. The second-order valence-corrected chi connectivity index (χ2v) is 5.49. The largest absolute Gasteiger partial charge is 0.481 e. The number of nitrogens with zero attached hydrogens (tertiary/aromatic N) is 2. The van der Waals surface area contributed by atoms with Gasteiger partial charge in [-0.1, -0.05) is 6.42 Å². The van der Waals surface area contributed by atoms with E-state index in [0.29, 0.717) is 24.4 Å². The summed E-state index contributed by atoms with van der Waals surface area (Å²) in [6, 6.07) is 1.59. The minimum Gasteiger partial charge on any atom is -0.481 e. The van der Waals surface area contributed by atoms with Crippen molar-refractivity contribution in [2.45, 2.75) is 44.4 Å². The Balaban J connectivity index is 1.97. The van der Waals surface area contributed by atoms with Gasteiger partial charge < -0.3 is 9.84 Å². The molecule has 1 aromatic heterocycles. The van der Waals surface area contributed by atoms with E-state index in [1.54, 1.807) is 6.07 Å². The Labute approximate surface area is 121 Å². The van der Waals surface area contributed by atoms with E-state index in [4.69, 9.17) is 4.74 Å². The van der Waals surface area contributed by atoms with Crippen LogP contribution in [0, 0.1) is 11.8 Å². The van der Waals surface area contributed by atoms with Gasteiger partial charge in [0.05, 0.1) is 24.8 Å². The van der Waals surface area contributed by atoms with Crippen LogP contribution in [0.25, 0.3) is 0 Å². The third kappa shape index (κ3) is 4.30. The highest BCUT2D eigenvalue weighted by Crippen LogP contribution is 2.41. The maximum Gasteiger partial charge on any atom is 0.391 e. The molecular weight excluding hydrogens is 285 g/mol. The van der Waals surface area contributed by atoms with E-state index in [1.165, 1.54) is 13.4 Å². The number of aliphatic hydroxyl groups excluding tert-OH is 1. The Hall–Kier alpha value is -1.37. The van der Waals surface area contributed by atoms with Crippen LogP contribution in [0.3, 0.4) is 0 Å². The molecule has 1 aromatic rings. The predicted octanol–water partition coefficient (Wildman–Crippen LogP) is 2.76. The van der Waals surface area contributed by atoms with Crippen LogP contribution in [0.2, 0.25) is 0 Å².